The van der Waals surface area contributed by atoms with Gasteiger partial charge < -0.3 is 25.4 Å². The van der Waals surface area contributed by atoms with Crippen molar-refractivity contribution < 1.29 is 20.1 Å². The molecule has 114 valence electrons. The summed E-state index contributed by atoms with van der Waals surface area (Å²) in [6.45, 7) is 1.94. The molecular formula is C14H22ClNO4. The lowest BCUT2D eigenvalue weighted by atomic mass is 10.1. The number of rotatable bonds is 9. The van der Waals surface area contributed by atoms with E-state index in [-0.39, 0.29) is 26.4 Å². The van der Waals surface area contributed by atoms with E-state index in [4.69, 9.17) is 26.6 Å². The molecule has 1 aromatic rings. The van der Waals surface area contributed by atoms with Gasteiger partial charge in [0, 0.05) is 11.6 Å². The maximum atomic E-state index is 9.77. The molecule has 1 unspecified atom stereocenters. The first kappa shape index (κ1) is 17.4. The van der Waals surface area contributed by atoms with Crippen molar-refractivity contribution in [3.05, 3.63) is 34.9 Å². The first-order valence-electron chi connectivity index (χ1n) is 6.47. The molecule has 0 aliphatic carbocycles. The van der Waals surface area contributed by atoms with Crippen LogP contribution in [0.25, 0.3) is 0 Å². The molecule has 20 heavy (non-hydrogen) atoms. The van der Waals surface area contributed by atoms with Crippen LogP contribution in [0.5, 0.6) is 0 Å². The second-order valence-electron chi connectivity index (χ2n) is 5.02. The van der Waals surface area contributed by atoms with E-state index in [1.54, 1.807) is 13.0 Å². The van der Waals surface area contributed by atoms with E-state index in [1.807, 2.05) is 18.2 Å². The van der Waals surface area contributed by atoms with Crippen molar-refractivity contribution in [1.82, 2.24) is 5.32 Å². The summed E-state index contributed by atoms with van der Waals surface area (Å²) < 4.78 is 5.40. The highest BCUT2D eigenvalue weighted by Crippen LogP contribution is 2.15. The Hall–Kier alpha value is -0.690. The van der Waals surface area contributed by atoms with Gasteiger partial charge in [0.1, 0.15) is 0 Å². The van der Waals surface area contributed by atoms with Crippen molar-refractivity contribution in [3.8, 4) is 0 Å². The van der Waals surface area contributed by atoms with Gasteiger partial charge in [-0.2, -0.15) is 0 Å². The topological polar surface area (TPSA) is 82.0 Å². The molecular weight excluding hydrogens is 282 g/mol. The van der Waals surface area contributed by atoms with Gasteiger partial charge >= 0.3 is 0 Å². The van der Waals surface area contributed by atoms with Crippen LogP contribution in [0, 0.1) is 0 Å². The van der Waals surface area contributed by atoms with E-state index in [0.717, 1.165) is 5.56 Å². The van der Waals surface area contributed by atoms with Gasteiger partial charge in [0.15, 0.2) is 0 Å². The highest BCUT2D eigenvalue weighted by molar-refractivity contribution is 6.31. The van der Waals surface area contributed by atoms with Crippen molar-refractivity contribution in [2.45, 2.75) is 25.2 Å². The number of nitrogens with one attached hydrogen (secondary N) is 1. The zero-order chi connectivity index (χ0) is 15.0. The maximum absolute atomic E-state index is 9.77. The van der Waals surface area contributed by atoms with Crippen LogP contribution in [0.4, 0.5) is 0 Å². The minimum absolute atomic E-state index is 0.144. The fourth-order valence-corrected chi connectivity index (χ4v) is 1.70. The third-order valence-corrected chi connectivity index (χ3v) is 3.36. The molecule has 0 radical (unpaired) electrons. The number of aliphatic hydroxyl groups is 3. The summed E-state index contributed by atoms with van der Waals surface area (Å²) in [5, 5.41) is 31.5. The van der Waals surface area contributed by atoms with Gasteiger partial charge in [0.05, 0.1) is 38.1 Å². The van der Waals surface area contributed by atoms with Crippen LogP contribution in [0.2, 0.25) is 5.02 Å². The van der Waals surface area contributed by atoms with Crippen molar-refractivity contribution >= 4 is 11.6 Å². The number of hydrogen-bond donors (Lipinski definition) is 4. The zero-order valence-corrected chi connectivity index (χ0v) is 12.3. The second kappa shape index (κ2) is 8.56. The molecule has 0 bridgehead atoms. The van der Waals surface area contributed by atoms with E-state index < -0.39 is 11.6 Å². The van der Waals surface area contributed by atoms with E-state index in [9.17, 15) is 5.11 Å². The molecule has 0 spiro atoms. The van der Waals surface area contributed by atoms with Crippen molar-refractivity contribution in [3.63, 3.8) is 0 Å². The number of β-amino-alcohol motifs (C(OH)–C–C–N with tert-alkyl or cyclic N) is 1. The molecule has 6 heteroatoms. The van der Waals surface area contributed by atoms with Gasteiger partial charge in [0.2, 0.25) is 0 Å². The molecule has 4 N–H and O–H groups in total. The Morgan fingerprint density at radius 3 is 2.55 bits per heavy atom. The number of halogens is 1. The smallest absolute Gasteiger partial charge is 0.0898 e. The van der Waals surface area contributed by atoms with E-state index >= 15 is 0 Å². The lowest BCUT2D eigenvalue weighted by Gasteiger charge is -2.27. The van der Waals surface area contributed by atoms with E-state index in [0.29, 0.717) is 11.6 Å². The molecule has 5 nitrogen and oxygen atoms in total. The highest BCUT2D eigenvalue weighted by atomic mass is 35.5. The summed E-state index contributed by atoms with van der Waals surface area (Å²) in [4.78, 5) is 0. The Labute approximate surface area is 124 Å². The van der Waals surface area contributed by atoms with Crippen molar-refractivity contribution in [2.75, 3.05) is 26.4 Å². The summed E-state index contributed by atoms with van der Waals surface area (Å²) in [5.41, 5.74) is 0.0638. The molecule has 1 atom stereocenters. The van der Waals surface area contributed by atoms with Crippen LogP contribution in [0.1, 0.15) is 12.5 Å². The van der Waals surface area contributed by atoms with Crippen LogP contribution in [0.3, 0.4) is 0 Å². The largest absolute Gasteiger partial charge is 0.394 e. The Morgan fingerprint density at radius 2 is 1.95 bits per heavy atom. The molecule has 0 aromatic heterocycles. The van der Waals surface area contributed by atoms with Gasteiger partial charge in [-0.25, -0.2) is 0 Å². The quantitative estimate of drug-likeness (QED) is 0.536. The van der Waals surface area contributed by atoms with Gasteiger partial charge in [-0.05, 0) is 18.6 Å². The predicted molar refractivity (Wildman–Crippen MR) is 77.7 cm³/mol. The SMILES string of the molecule is CC(CO)(CO)NCC(O)COCc1ccccc1Cl. The highest BCUT2D eigenvalue weighted by Gasteiger charge is 2.22. The molecule has 0 amide bonds. The number of hydrogen-bond acceptors (Lipinski definition) is 5. The van der Waals surface area contributed by atoms with Crippen LogP contribution in [-0.2, 0) is 11.3 Å². The summed E-state index contributed by atoms with van der Waals surface area (Å²) >= 11 is 5.99. The van der Waals surface area contributed by atoms with Gasteiger partial charge in [0.25, 0.3) is 0 Å². The van der Waals surface area contributed by atoms with Crippen molar-refractivity contribution in [2.24, 2.45) is 0 Å². The summed E-state index contributed by atoms with van der Waals surface area (Å²) in [6, 6.07) is 7.36. The standard InChI is InChI=1S/C14H22ClNO4/c1-14(9-17,10-18)16-6-12(19)8-20-7-11-4-2-3-5-13(11)15/h2-5,12,16-19H,6-10H2,1H3. The fraction of sp³-hybridized carbons (Fsp3) is 0.571. The minimum atomic E-state index is -0.802. The van der Waals surface area contributed by atoms with Crippen LogP contribution in [0.15, 0.2) is 24.3 Å². The Morgan fingerprint density at radius 1 is 1.30 bits per heavy atom. The number of benzene rings is 1. The molecule has 1 aromatic carbocycles. The Kier molecular flexibility index (Phi) is 7.43. The third kappa shape index (κ3) is 5.75. The second-order valence-corrected chi connectivity index (χ2v) is 5.43. The van der Waals surface area contributed by atoms with Crippen LogP contribution in [-0.4, -0.2) is 53.3 Å². The Bertz CT molecular complexity index is 399. The third-order valence-electron chi connectivity index (χ3n) is 2.99. The molecule has 0 saturated heterocycles. The predicted octanol–water partition coefficient (Wildman–Crippen LogP) is 0.550. The molecule has 1 rings (SSSR count). The zero-order valence-electron chi connectivity index (χ0n) is 11.6. The summed E-state index contributed by atoms with van der Waals surface area (Å²) in [7, 11) is 0. The monoisotopic (exact) mass is 303 g/mol. The molecule has 0 saturated carbocycles. The van der Waals surface area contributed by atoms with Crippen LogP contribution >= 0.6 is 11.6 Å². The summed E-state index contributed by atoms with van der Waals surface area (Å²) in [5.74, 6) is 0. The van der Waals surface area contributed by atoms with Crippen molar-refractivity contribution in [1.29, 1.82) is 0 Å². The van der Waals surface area contributed by atoms with Crippen LogP contribution < -0.4 is 5.32 Å². The molecule has 0 fully saturated rings. The molecule has 0 heterocycles. The average molecular weight is 304 g/mol. The lowest BCUT2D eigenvalue weighted by Crippen LogP contribution is -2.51. The minimum Gasteiger partial charge on any atom is -0.394 e. The Balaban J connectivity index is 2.27. The van der Waals surface area contributed by atoms with E-state index in [2.05, 4.69) is 5.32 Å². The van der Waals surface area contributed by atoms with Gasteiger partial charge in [-0.1, -0.05) is 29.8 Å². The van der Waals surface area contributed by atoms with E-state index in [1.165, 1.54) is 0 Å². The molecule has 0 aliphatic heterocycles. The maximum Gasteiger partial charge on any atom is 0.0898 e. The lowest BCUT2D eigenvalue weighted by molar-refractivity contribution is 0.0182. The fourth-order valence-electron chi connectivity index (χ4n) is 1.51. The summed E-state index contributed by atoms with van der Waals surface area (Å²) in [6.07, 6.45) is -0.727. The number of aliphatic hydroxyl groups excluding tert-OH is 3. The molecule has 0 aliphatic rings. The first-order chi connectivity index (χ1) is 9.50. The number of ether oxygens (including phenoxy) is 1. The normalized spacial score (nSPS) is 13.4. The van der Waals surface area contributed by atoms with Gasteiger partial charge in [-0.3, -0.25) is 0 Å². The van der Waals surface area contributed by atoms with Gasteiger partial charge in [-0.15, -0.1) is 0 Å². The first-order valence-corrected chi connectivity index (χ1v) is 6.84. The average Bonchev–Trinajstić information content (AvgIpc) is 2.47.